The number of nitrogens with zero attached hydrogens (tertiary/aromatic N) is 1. The van der Waals surface area contributed by atoms with Crippen molar-refractivity contribution in [1.29, 1.82) is 0 Å². The zero-order chi connectivity index (χ0) is 28.8. The highest BCUT2D eigenvalue weighted by Gasteiger charge is 2.57. The summed E-state index contributed by atoms with van der Waals surface area (Å²) in [4.78, 5) is 28.9. The summed E-state index contributed by atoms with van der Waals surface area (Å²) < 4.78 is 81.7. The van der Waals surface area contributed by atoms with Gasteiger partial charge in [0.1, 0.15) is 29.3 Å². The Balaban J connectivity index is 1.84. The number of aromatic nitrogens is 1. The van der Waals surface area contributed by atoms with E-state index in [1.165, 1.54) is 31.2 Å². The number of carbonyl (C=O) groups is 2. The third kappa shape index (κ3) is 4.73. The molecule has 2 amide bonds. The van der Waals surface area contributed by atoms with Crippen molar-refractivity contribution < 1.29 is 46.1 Å². The van der Waals surface area contributed by atoms with Gasteiger partial charge in [0.2, 0.25) is 11.5 Å². The van der Waals surface area contributed by atoms with Crippen LogP contribution in [0.3, 0.4) is 0 Å². The van der Waals surface area contributed by atoms with Gasteiger partial charge in [-0.05, 0) is 49.4 Å². The van der Waals surface area contributed by atoms with Crippen molar-refractivity contribution in [2.75, 3.05) is 20.3 Å². The van der Waals surface area contributed by atoms with E-state index in [1.807, 2.05) is 5.32 Å². The third-order valence-electron chi connectivity index (χ3n) is 6.56. The minimum atomic E-state index is -5.42. The molecular formula is C26H22F5N3O5. The Bertz CT molecular complexity index is 1450. The molecule has 13 heteroatoms. The zero-order valence-electron chi connectivity index (χ0n) is 20.5. The van der Waals surface area contributed by atoms with Crippen LogP contribution in [0, 0.1) is 11.6 Å². The first-order valence-corrected chi connectivity index (χ1v) is 11.4. The van der Waals surface area contributed by atoms with Crippen LogP contribution in [0.1, 0.15) is 28.5 Å². The number of pyridine rings is 1. The summed E-state index contributed by atoms with van der Waals surface area (Å²) in [7, 11) is 1.14. The van der Waals surface area contributed by atoms with Gasteiger partial charge in [-0.1, -0.05) is 6.07 Å². The zero-order valence-corrected chi connectivity index (χ0v) is 20.5. The van der Waals surface area contributed by atoms with E-state index in [-0.39, 0.29) is 34.9 Å². The molecule has 0 saturated carbocycles. The number of hydrogen-bond donors (Lipinski definition) is 3. The lowest BCUT2D eigenvalue weighted by atomic mass is 9.81. The van der Waals surface area contributed by atoms with E-state index in [0.29, 0.717) is 0 Å². The second-order valence-corrected chi connectivity index (χ2v) is 9.09. The number of benzene rings is 2. The van der Waals surface area contributed by atoms with Crippen LogP contribution in [0.15, 0.2) is 48.5 Å². The lowest BCUT2D eigenvalue weighted by Crippen LogP contribution is -2.52. The molecule has 1 unspecified atom stereocenters. The molecule has 4 rings (SSSR count). The van der Waals surface area contributed by atoms with Gasteiger partial charge in [0.05, 0.1) is 24.9 Å². The molecule has 4 N–H and O–H groups in total. The molecule has 39 heavy (non-hydrogen) atoms. The molecule has 0 bridgehead atoms. The van der Waals surface area contributed by atoms with Crippen LogP contribution in [-0.4, -0.2) is 48.3 Å². The lowest BCUT2D eigenvalue weighted by Gasteiger charge is -2.31. The normalized spacial score (nSPS) is 18.1. The Kier molecular flexibility index (Phi) is 6.98. The van der Waals surface area contributed by atoms with E-state index in [4.69, 9.17) is 15.2 Å². The van der Waals surface area contributed by atoms with Gasteiger partial charge in [-0.3, -0.25) is 9.59 Å². The van der Waals surface area contributed by atoms with Gasteiger partial charge in [-0.25, -0.2) is 13.8 Å². The van der Waals surface area contributed by atoms with E-state index in [2.05, 4.69) is 4.98 Å². The van der Waals surface area contributed by atoms with Crippen LogP contribution in [0.25, 0.3) is 11.3 Å². The van der Waals surface area contributed by atoms with Crippen molar-refractivity contribution in [1.82, 2.24) is 10.3 Å². The number of rotatable bonds is 7. The summed E-state index contributed by atoms with van der Waals surface area (Å²) in [5.74, 6) is -4.31. The van der Waals surface area contributed by atoms with Crippen molar-refractivity contribution >= 4 is 11.8 Å². The second kappa shape index (κ2) is 9.80. The fraction of sp³-hybridized carbons (Fsp3) is 0.269. The number of nitrogens with one attached hydrogen (secondary N) is 1. The Morgan fingerprint density at radius 2 is 1.85 bits per heavy atom. The van der Waals surface area contributed by atoms with Gasteiger partial charge in [-0.15, -0.1) is 0 Å². The van der Waals surface area contributed by atoms with Crippen molar-refractivity contribution in [2.24, 2.45) is 5.73 Å². The Hall–Kier alpha value is -4.26. The van der Waals surface area contributed by atoms with Crippen LogP contribution < -0.4 is 20.5 Å². The molecule has 206 valence electrons. The number of methoxy groups -OCH3 is 1. The SMILES string of the molecule is COc1cccc(C(=O)NCC(O)(c2cc3c(c(-c4ccc(F)cc4)n2)OC[C@]3(C)C(N)=O)C(F)(F)F)c1F. The number of alkyl halides is 3. The Morgan fingerprint density at radius 3 is 2.44 bits per heavy atom. The molecular weight excluding hydrogens is 529 g/mol. The van der Waals surface area contributed by atoms with Gasteiger partial charge in [0, 0.05) is 11.1 Å². The van der Waals surface area contributed by atoms with Gasteiger partial charge in [-0.2, -0.15) is 13.2 Å². The molecule has 1 aliphatic rings. The van der Waals surface area contributed by atoms with Crippen LogP contribution in [0.2, 0.25) is 0 Å². The van der Waals surface area contributed by atoms with E-state index in [0.717, 1.165) is 31.4 Å². The Labute approximate surface area is 218 Å². The van der Waals surface area contributed by atoms with Crippen LogP contribution in [0.5, 0.6) is 11.5 Å². The maximum absolute atomic E-state index is 14.5. The second-order valence-electron chi connectivity index (χ2n) is 9.09. The fourth-order valence-corrected chi connectivity index (χ4v) is 4.09. The molecule has 1 aliphatic heterocycles. The maximum Gasteiger partial charge on any atom is 0.424 e. The first-order valence-electron chi connectivity index (χ1n) is 11.4. The van der Waals surface area contributed by atoms with E-state index < -0.39 is 58.4 Å². The fourth-order valence-electron chi connectivity index (χ4n) is 4.09. The maximum atomic E-state index is 14.5. The van der Waals surface area contributed by atoms with Crippen LogP contribution in [0.4, 0.5) is 22.0 Å². The standard InChI is InChI=1S/C26H22F5N3O5/c1-24(23(32)36)12-39-21-16(24)10-18(34-20(21)13-6-8-14(27)9-7-13)25(37,26(29,30)31)11-33-22(35)15-4-3-5-17(38-2)19(15)28/h3-10,37H,11-12H2,1-2H3,(H2,32,36)(H,33,35)/t24-,25?/m0/s1. The lowest BCUT2D eigenvalue weighted by molar-refractivity contribution is -0.265. The average Bonchev–Trinajstić information content (AvgIpc) is 3.24. The van der Waals surface area contributed by atoms with Crippen molar-refractivity contribution in [3.8, 4) is 22.8 Å². The summed E-state index contributed by atoms with van der Waals surface area (Å²) in [6, 6.07) is 8.85. The number of fused-ring (bicyclic) bond motifs is 1. The van der Waals surface area contributed by atoms with E-state index in [1.54, 1.807) is 0 Å². The van der Waals surface area contributed by atoms with Crippen LogP contribution >= 0.6 is 0 Å². The van der Waals surface area contributed by atoms with E-state index in [9.17, 15) is 36.6 Å². The summed E-state index contributed by atoms with van der Waals surface area (Å²) in [6.45, 7) is -0.457. The van der Waals surface area contributed by atoms with Gasteiger partial charge >= 0.3 is 6.18 Å². The number of carbonyl (C=O) groups excluding carboxylic acids is 2. The molecule has 2 atom stereocenters. The number of hydrogen-bond acceptors (Lipinski definition) is 6. The monoisotopic (exact) mass is 551 g/mol. The summed E-state index contributed by atoms with van der Waals surface area (Å²) >= 11 is 0. The van der Waals surface area contributed by atoms with Gasteiger partial charge < -0.3 is 25.6 Å². The van der Waals surface area contributed by atoms with E-state index >= 15 is 0 Å². The molecule has 0 radical (unpaired) electrons. The largest absolute Gasteiger partial charge is 0.494 e. The molecule has 1 aromatic heterocycles. The topological polar surface area (TPSA) is 124 Å². The van der Waals surface area contributed by atoms with Crippen molar-refractivity contribution in [2.45, 2.75) is 24.1 Å². The minimum Gasteiger partial charge on any atom is -0.494 e. The number of amides is 2. The molecule has 2 heterocycles. The van der Waals surface area contributed by atoms with Crippen LogP contribution in [-0.2, 0) is 15.8 Å². The predicted octanol–water partition coefficient (Wildman–Crippen LogP) is 3.35. The quantitative estimate of drug-likeness (QED) is 0.387. The number of aliphatic hydroxyl groups is 1. The molecule has 0 aliphatic carbocycles. The highest BCUT2D eigenvalue weighted by Crippen LogP contribution is 2.47. The summed E-state index contributed by atoms with van der Waals surface area (Å²) in [6.07, 6.45) is -5.42. The number of primary amides is 1. The predicted molar refractivity (Wildman–Crippen MR) is 127 cm³/mol. The highest BCUT2D eigenvalue weighted by atomic mass is 19.4. The van der Waals surface area contributed by atoms with Crippen molar-refractivity contribution in [3.63, 3.8) is 0 Å². The molecule has 3 aromatic rings. The molecule has 0 saturated heterocycles. The smallest absolute Gasteiger partial charge is 0.424 e. The average molecular weight is 551 g/mol. The molecule has 0 fully saturated rings. The van der Waals surface area contributed by atoms with Gasteiger partial charge in [0.25, 0.3) is 5.91 Å². The molecule has 8 nitrogen and oxygen atoms in total. The summed E-state index contributed by atoms with van der Waals surface area (Å²) in [5, 5.41) is 12.9. The minimum absolute atomic E-state index is 0.0707. The highest BCUT2D eigenvalue weighted by molar-refractivity contribution is 5.95. The Morgan fingerprint density at radius 1 is 1.18 bits per heavy atom. The molecule has 2 aromatic carbocycles. The molecule has 0 spiro atoms. The van der Waals surface area contributed by atoms with Crippen molar-refractivity contribution in [3.05, 3.63) is 77.0 Å². The number of ether oxygens (including phenoxy) is 2. The number of halogens is 5. The van der Waals surface area contributed by atoms with Gasteiger partial charge in [0.15, 0.2) is 11.6 Å². The number of nitrogens with two attached hydrogens (primary N) is 1. The third-order valence-corrected chi connectivity index (χ3v) is 6.56. The summed E-state index contributed by atoms with van der Waals surface area (Å²) in [5.41, 5.74) is -1.70. The first-order chi connectivity index (χ1) is 18.2. The first kappa shape index (κ1) is 27.8.